The van der Waals surface area contributed by atoms with Crippen molar-refractivity contribution in [1.82, 2.24) is 10.2 Å². The first-order valence-corrected chi connectivity index (χ1v) is 5.84. The average molecular weight is 232 g/mol. The monoisotopic (exact) mass is 231 g/mol. The van der Waals surface area contributed by atoms with Crippen molar-refractivity contribution in [2.75, 3.05) is 23.9 Å². The van der Waals surface area contributed by atoms with Crippen molar-refractivity contribution in [3.05, 3.63) is 5.89 Å². The van der Waals surface area contributed by atoms with Gasteiger partial charge in [0.2, 0.25) is 5.89 Å². The van der Waals surface area contributed by atoms with Gasteiger partial charge in [-0.15, -0.1) is 16.7 Å². The second kappa shape index (κ2) is 5.95. The Morgan fingerprint density at radius 1 is 1.40 bits per heavy atom. The molecule has 0 aliphatic rings. The van der Waals surface area contributed by atoms with E-state index in [1.54, 1.807) is 0 Å². The van der Waals surface area contributed by atoms with Gasteiger partial charge in [0.1, 0.15) is 0 Å². The summed E-state index contributed by atoms with van der Waals surface area (Å²) in [7, 11) is 0. The third-order valence-electron chi connectivity index (χ3n) is 2.00. The Morgan fingerprint density at radius 2 is 2.13 bits per heavy atom. The van der Waals surface area contributed by atoms with Gasteiger partial charge in [0.15, 0.2) is 0 Å². The van der Waals surface area contributed by atoms with Gasteiger partial charge in [0.25, 0.3) is 0 Å². The predicted molar refractivity (Wildman–Crippen MR) is 61.4 cm³/mol. The normalized spacial score (nSPS) is 11.0. The highest BCUT2D eigenvalue weighted by Crippen LogP contribution is 2.14. The van der Waals surface area contributed by atoms with Crippen LogP contribution in [-0.4, -0.2) is 29.2 Å². The number of alkyl halides is 1. The maximum atomic E-state index is 5.60. The smallest absolute Gasteiger partial charge is 0.318 e. The molecule has 15 heavy (non-hydrogen) atoms. The van der Waals surface area contributed by atoms with Gasteiger partial charge in [-0.2, -0.15) is 0 Å². The highest BCUT2D eigenvalue weighted by atomic mass is 35.5. The second-order valence-corrected chi connectivity index (χ2v) is 4.23. The molecule has 0 radical (unpaired) electrons. The molecule has 0 aromatic carbocycles. The highest BCUT2D eigenvalue weighted by Gasteiger charge is 2.13. The molecule has 0 saturated heterocycles. The van der Waals surface area contributed by atoms with Crippen LogP contribution in [0.2, 0.25) is 0 Å². The van der Waals surface area contributed by atoms with Crippen LogP contribution in [0, 0.1) is 5.92 Å². The maximum Gasteiger partial charge on any atom is 0.318 e. The number of rotatable bonds is 6. The number of aromatic nitrogens is 2. The largest absolute Gasteiger partial charge is 0.408 e. The Kier molecular flexibility index (Phi) is 4.88. The number of aryl methyl sites for hydroxylation is 1. The number of hydrogen-bond donors (Lipinski definition) is 0. The maximum absolute atomic E-state index is 5.60. The number of anilines is 1. The van der Waals surface area contributed by atoms with Gasteiger partial charge in [-0.1, -0.05) is 18.9 Å². The second-order valence-electron chi connectivity index (χ2n) is 3.85. The summed E-state index contributed by atoms with van der Waals surface area (Å²) < 4.78 is 5.50. The Morgan fingerprint density at radius 3 is 2.67 bits per heavy atom. The van der Waals surface area contributed by atoms with Gasteiger partial charge < -0.3 is 9.32 Å². The lowest BCUT2D eigenvalue weighted by molar-refractivity contribution is 0.477. The van der Waals surface area contributed by atoms with E-state index in [0.29, 0.717) is 30.1 Å². The van der Waals surface area contributed by atoms with Gasteiger partial charge in [0, 0.05) is 25.4 Å². The van der Waals surface area contributed by atoms with E-state index in [1.807, 2.05) is 0 Å². The van der Waals surface area contributed by atoms with E-state index in [0.717, 1.165) is 13.1 Å². The van der Waals surface area contributed by atoms with Crippen molar-refractivity contribution in [2.24, 2.45) is 5.92 Å². The first kappa shape index (κ1) is 12.3. The zero-order chi connectivity index (χ0) is 11.3. The molecular formula is C10H18ClN3O. The molecule has 0 atom stereocenters. The van der Waals surface area contributed by atoms with Crippen LogP contribution in [0.3, 0.4) is 0 Å². The van der Waals surface area contributed by atoms with E-state index >= 15 is 0 Å². The lowest BCUT2D eigenvalue weighted by Crippen LogP contribution is -2.27. The molecule has 0 spiro atoms. The van der Waals surface area contributed by atoms with Crippen LogP contribution in [0.25, 0.3) is 0 Å². The fraction of sp³-hybridized carbons (Fsp3) is 0.800. The molecule has 86 valence electrons. The SMILES string of the molecule is CCN(CC(C)C)c1nnc(CCCl)o1. The molecule has 0 amide bonds. The minimum Gasteiger partial charge on any atom is -0.408 e. The van der Waals surface area contributed by atoms with Crippen molar-refractivity contribution in [2.45, 2.75) is 27.2 Å². The van der Waals surface area contributed by atoms with Crippen molar-refractivity contribution in [3.8, 4) is 0 Å². The molecule has 1 heterocycles. The fourth-order valence-corrected chi connectivity index (χ4v) is 1.50. The fourth-order valence-electron chi connectivity index (χ4n) is 1.34. The minimum absolute atomic E-state index is 0.512. The van der Waals surface area contributed by atoms with E-state index < -0.39 is 0 Å². The molecule has 0 bridgehead atoms. The summed E-state index contributed by atoms with van der Waals surface area (Å²) >= 11 is 5.60. The Bertz CT molecular complexity index is 288. The summed E-state index contributed by atoms with van der Waals surface area (Å²) in [4.78, 5) is 2.08. The standard InChI is InChI=1S/C10H18ClN3O/c1-4-14(7-8(2)3)10-13-12-9(15-10)5-6-11/h8H,4-7H2,1-3H3. The lowest BCUT2D eigenvalue weighted by Gasteiger charge is -2.19. The average Bonchev–Trinajstić information content (AvgIpc) is 2.63. The topological polar surface area (TPSA) is 42.2 Å². The Balaban J connectivity index is 2.65. The van der Waals surface area contributed by atoms with Crippen molar-refractivity contribution >= 4 is 17.6 Å². The summed E-state index contributed by atoms with van der Waals surface area (Å²) in [5, 5.41) is 7.95. The van der Waals surface area contributed by atoms with Crippen LogP contribution < -0.4 is 4.90 Å². The first-order valence-electron chi connectivity index (χ1n) is 5.30. The molecule has 0 saturated carbocycles. The summed E-state index contributed by atoms with van der Waals surface area (Å²) in [5.41, 5.74) is 0. The molecule has 4 nitrogen and oxygen atoms in total. The number of halogens is 1. The molecule has 0 unspecified atom stereocenters. The summed E-state index contributed by atoms with van der Waals surface area (Å²) in [6.45, 7) is 8.21. The van der Waals surface area contributed by atoms with Gasteiger partial charge >= 0.3 is 6.01 Å². The highest BCUT2D eigenvalue weighted by molar-refractivity contribution is 6.17. The van der Waals surface area contributed by atoms with Gasteiger partial charge in [-0.25, -0.2) is 0 Å². The van der Waals surface area contributed by atoms with E-state index in [2.05, 4.69) is 35.9 Å². The molecule has 0 N–H and O–H groups in total. The summed E-state index contributed by atoms with van der Waals surface area (Å²) in [6.07, 6.45) is 0.633. The van der Waals surface area contributed by atoms with E-state index in [4.69, 9.17) is 16.0 Å². The molecule has 1 aromatic heterocycles. The van der Waals surface area contributed by atoms with Crippen LogP contribution in [0.1, 0.15) is 26.7 Å². The van der Waals surface area contributed by atoms with Gasteiger partial charge in [-0.3, -0.25) is 0 Å². The molecule has 0 aliphatic heterocycles. The zero-order valence-corrected chi connectivity index (χ0v) is 10.3. The number of hydrogen-bond acceptors (Lipinski definition) is 4. The van der Waals surface area contributed by atoms with Crippen molar-refractivity contribution < 1.29 is 4.42 Å². The lowest BCUT2D eigenvalue weighted by atomic mass is 10.2. The van der Waals surface area contributed by atoms with E-state index in [1.165, 1.54) is 0 Å². The molecule has 0 fully saturated rings. The molecule has 0 aliphatic carbocycles. The minimum atomic E-state index is 0.512. The third-order valence-corrected chi connectivity index (χ3v) is 2.19. The summed E-state index contributed by atoms with van der Waals surface area (Å²) in [6, 6.07) is 0.603. The van der Waals surface area contributed by atoms with Crippen LogP contribution in [0.15, 0.2) is 4.42 Å². The predicted octanol–water partition coefficient (Wildman–Crippen LogP) is 2.33. The molecule has 1 rings (SSSR count). The van der Waals surface area contributed by atoms with Crippen molar-refractivity contribution in [1.29, 1.82) is 0 Å². The van der Waals surface area contributed by atoms with Crippen molar-refractivity contribution in [3.63, 3.8) is 0 Å². The zero-order valence-electron chi connectivity index (χ0n) is 9.53. The Hall–Kier alpha value is -0.770. The molecule has 1 aromatic rings. The third kappa shape index (κ3) is 3.70. The Labute approximate surface area is 95.6 Å². The quantitative estimate of drug-likeness (QED) is 0.705. The van der Waals surface area contributed by atoms with E-state index in [-0.39, 0.29) is 0 Å². The van der Waals surface area contributed by atoms with Crippen LogP contribution >= 0.6 is 11.6 Å². The molecule has 5 heteroatoms. The van der Waals surface area contributed by atoms with Crippen LogP contribution in [0.5, 0.6) is 0 Å². The van der Waals surface area contributed by atoms with Crippen LogP contribution in [-0.2, 0) is 6.42 Å². The van der Waals surface area contributed by atoms with Crippen LogP contribution in [0.4, 0.5) is 6.01 Å². The van der Waals surface area contributed by atoms with E-state index in [9.17, 15) is 0 Å². The van der Waals surface area contributed by atoms with Gasteiger partial charge in [0.05, 0.1) is 0 Å². The molecular weight excluding hydrogens is 214 g/mol. The first-order chi connectivity index (χ1) is 7.17. The number of nitrogens with zero attached hydrogens (tertiary/aromatic N) is 3. The summed E-state index contributed by atoms with van der Waals surface area (Å²) in [5.74, 6) is 1.70. The van der Waals surface area contributed by atoms with Gasteiger partial charge in [-0.05, 0) is 12.8 Å².